The zero-order valence-corrected chi connectivity index (χ0v) is 15.2. The van der Waals surface area contributed by atoms with Crippen LogP contribution in [0.25, 0.3) is 11.1 Å². The van der Waals surface area contributed by atoms with Gasteiger partial charge in [0.25, 0.3) is 0 Å². The van der Waals surface area contributed by atoms with Crippen molar-refractivity contribution in [3.63, 3.8) is 0 Å². The molecule has 0 saturated carbocycles. The lowest BCUT2D eigenvalue weighted by molar-refractivity contribution is 0.101. The Morgan fingerprint density at radius 2 is 2.00 bits per heavy atom. The summed E-state index contributed by atoms with van der Waals surface area (Å²) in [6, 6.07) is 10.2. The van der Waals surface area contributed by atoms with Crippen LogP contribution in [0.3, 0.4) is 0 Å². The Labute approximate surface area is 157 Å². The van der Waals surface area contributed by atoms with E-state index in [0.29, 0.717) is 5.56 Å². The first kappa shape index (κ1) is 17.4. The molecule has 5 nitrogen and oxygen atoms in total. The van der Waals surface area contributed by atoms with Gasteiger partial charge in [-0.15, -0.1) is 0 Å². The molecule has 0 amide bonds. The number of benzene rings is 1. The van der Waals surface area contributed by atoms with Gasteiger partial charge >= 0.3 is 0 Å². The molecular formula is C21H21FN4O. The number of hydrogen-bond acceptors (Lipinski definition) is 4. The Kier molecular flexibility index (Phi) is 4.71. The van der Waals surface area contributed by atoms with Crippen molar-refractivity contribution in [2.45, 2.75) is 25.7 Å². The van der Waals surface area contributed by atoms with Crippen molar-refractivity contribution in [3.05, 3.63) is 65.9 Å². The molecule has 1 aliphatic heterocycles. The molecule has 6 heteroatoms. The van der Waals surface area contributed by atoms with Gasteiger partial charge < -0.3 is 4.90 Å². The van der Waals surface area contributed by atoms with Gasteiger partial charge in [-0.1, -0.05) is 12.1 Å². The monoisotopic (exact) mass is 364 g/mol. The number of halogens is 1. The van der Waals surface area contributed by atoms with Crippen LogP contribution in [0.2, 0.25) is 0 Å². The summed E-state index contributed by atoms with van der Waals surface area (Å²) in [5.41, 5.74) is 3.68. The van der Waals surface area contributed by atoms with E-state index >= 15 is 0 Å². The number of carbonyl (C=O) groups excluding carboxylic acids is 1. The summed E-state index contributed by atoms with van der Waals surface area (Å²) >= 11 is 0. The Morgan fingerprint density at radius 1 is 1.19 bits per heavy atom. The zero-order valence-electron chi connectivity index (χ0n) is 15.2. The molecule has 0 aliphatic carbocycles. The zero-order chi connectivity index (χ0) is 18.8. The van der Waals surface area contributed by atoms with Gasteiger partial charge in [0, 0.05) is 42.0 Å². The van der Waals surface area contributed by atoms with E-state index in [1.165, 1.54) is 12.1 Å². The topological polar surface area (TPSA) is 61.9 Å². The number of hydrogen-bond donors (Lipinski definition) is 1. The molecule has 138 valence electrons. The standard InChI is InChI=1S/C21H21FN4O/c1-14(27)16-6-9-20(23-11-16)26-10-2-3-17(13-26)21-19(12-24-25-21)15-4-7-18(22)8-5-15/h4-9,11-12,17H,2-3,10,13H2,1H3,(H,24,25). The molecule has 0 spiro atoms. The maximum absolute atomic E-state index is 13.2. The number of pyridine rings is 1. The molecule has 1 saturated heterocycles. The highest BCUT2D eigenvalue weighted by Gasteiger charge is 2.26. The van der Waals surface area contributed by atoms with Gasteiger partial charge in [0.05, 0.1) is 6.20 Å². The fraction of sp³-hybridized carbons (Fsp3) is 0.286. The average Bonchev–Trinajstić information content (AvgIpc) is 3.18. The highest BCUT2D eigenvalue weighted by molar-refractivity contribution is 5.93. The van der Waals surface area contributed by atoms with Crippen molar-refractivity contribution in [1.82, 2.24) is 15.2 Å². The van der Waals surface area contributed by atoms with Crippen LogP contribution < -0.4 is 4.90 Å². The first-order chi connectivity index (χ1) is 13.1. The smallest absolute Gasteiger partial charge is 0.161 e. The number of carbonyl (C=O) groups is 1. The number of rotatable bonds is 4. The fourth-order valence-electron chi connectivity index (χ4n) is 3.67. The first-order valence-electron chi connectivity index (χ1n) is 9.13. The third kappa shape index (κ3) is 3.60. The van der Waals surface area contributed by atoms with Crippen molar-refractivity contribution in [3.8, 4) is 11.1 Å². The minimum Gasteiger partial charge on any atom is -0.356 e. The molecule has 3 aromatic rings. The van der Waals surface area contributed by atoms with Crippen molar-refractivity contribution >= 4 is 11.6 Å². The third-order valence-corrected chi connectivity index (χ3v) is 5.13. The molecule has 1 unspecified atom stereocenters. The minimum atomic E-state index is -0.243. The summed E-state index contributed by atoms with van der Waals surface area (Å²) in [6.07, 6.45) is 5.55. The van der Waals surface area contributed by atoms with Gasteiger partial charge in [-0.25, -0.2) is 9.37 Å². The molecule has 0 radical (unpaired) electrons. The van der Waals surface area contributed by atoms with Gasteiger partial charge in [-0.2, -0.15) is 5.10 Å². The number of nitrogens with zero attached hydrogens (tertiary/aromatic N) is 3. The quantitative estimate of drug-likeness (QED) is 0.705. The van der Waals surface area contributed by atoms with E-state index in [9.17, 15) is 9.18 Å². The van der Waals surface area contributed by atoms with E-state index in [-0.39, 0.29) is 17.5 Å². The van der Waals surface area contributed by atoms with Crippen LogP contribution >= 0.6 is 0 Å². The SMILES string of the molecule is CC(=O)c1ccc(N2CCCC(c3[nH]ncc3-c3ccc(F)cc3)C2)nc1. The summed E-state index contributed by atoms with van der Waals surface area (Å²) in [5.74, 6) is 0.947. The van der Waals surface area contributed by atoms with Gasteiger partial charge in [-0.3, -0.25) is 9.89 Å². The van der Waals surface area contributed by atoms with Crippen molar-refractivity contribution < 1.29 is 9.18 Å². The Morgan fingerprint density at radius 3 is 2.70 bits per heavy atom. The van der Waals surface area contributed by atoms with Crippen LogP contribution in [0.4, 0.5) is 10.2 Å². The van der Waals surface area contributed by atoms with E-state index in [1.807, 2.05) is 12.1 Å². The van der Waals surface area contributed by atoms with Crippen LogP contribution in [-0.4, -0.2) is 34.1 Å². The molecule has 1 atom stereocenters. The second-order valence-corrected chi connectivity index (χ2v) is 6.95. The number of Topliss-reactive ketones (excluding diaryl/α,β-unsaturated/α-hetero) is 1. The predicted octanol–water partition coefficient (Wildman–Crippen LogP) is 4.20. The van der Waals surface area contributed by atoms with Gasteiger partial charge in [-0.05, 0) is 49.6 Å². The average molecular weight is 364 g/mol. The van der Waals surface area contributed by atoms with Crippen LogP contribution in [0.1, 0.15) is 41.7 Å². The van der Waals surface area contributed by atoms with Crippen LogP contribution in [0.5, 0.6) is 0 Å². The van der Waals surface area contributed by atoms with Crippen molar-refractivity contribution in [1.29, 1.82) is 0 Å². The Balaban J connectivity index is 1.56. The lowest BCUT2D eigenvalue weighted by Crippen LogP contribution is -2.35. The molecule has 4 rings (SSSR count). The van der Waals surface area contributed by atoms with E-state index in [2.05, 4.69) is 20.1 Å². The summed E-state index contributed by atoms with van der Waals surface area (Å²) in [6.45, 7) is 3.30. The second-order valence-electron chi connectivity index (χ2n) is 6.95. The van der Waals surface area contributed by atoms with Gasteiger partial charge in [0.15, 0.2) is 5.78 Å². The molecule has 0 bridgehead atoms. The fourth-order valence-corrected chi connectivity index (χ4v) is 3.67. The normalized spacial score (nSPS) is 17.1. The highest BCUT2D eigenvalue weighted by atomic mass is 19.1. The minimum absolute atomic E-state index is 0.0203. The summed E-state index contributed by atoms with van der Waals surface area (Å²) < 4.78 is 13.2. The maximum atomic E-state index is 13.2. The maximum Gasteiger partial charge on any atom is 0.161 e. The molecule has 2 aromatic heterocycles. The lowest BCUT2D eigenvalue weighted by Gasteiger charge is -2.33. The Hall–Kier alpha value is -3.02. The molecule has 1 fully saturated rings. The summed E-state index contributed by atoms with van der Waals surface area (Å²) in [7, 11) is 0. The van der Waals surface area contributed by atoms with E-state index in [1.54, 1.807) is 31.5 Å². The van der Waals surface area contributed by atoms with Crippen molar-refractivity contribution in [2.75, 3.05) is 18.0 Å². The Bertz CT molecular complexity index is 934. The van der Waals surface area contributed by atoms with Crippen LogP contribution in [0, 0.1) is 5.82 Å². The molecule has 27 heavy (non-hydrogen) atoms. The molecule has 3 heterocycles. The van der Waals surface area contributed by atoms with E-state index in [0.717, 1.165) is 48.6 Å². The summed E-state index contributed by atoms with van der Waals surface area (Å²) in [4.78, 5) is 18.2. The number of piperidine rings is 1. The lowest BCUT2D eigenvalue weighted by atomic mass is 9.90. The summed E-state index contributed by atoms with van der Waals surface area (Å²) in [5, 5.41) is 7.38. The number of H-pyrrole nitrogens is 1. The van der Waals surface area contributed by atoms with Crippen molar-refractivity contribution in [2.24, 2.45) is 0 Å². The molecule has 1 N–H and O–H groups in total. The highest BCUT2D eigenvalue weighted by Crippen LogP contribution is 2.34. The molecular weight excluding hydrogens is 343 g/mol. The molecule has 1 aromatic carbocycles. The number of aromatic nitrogens is 3. The largest absolute Gasteiger partial charge is 0.356 e. The number of aromatic amines is 1. The number of anilines is 1. The number of ketones is 1. The van der Waals surface area contributed by atoms with Crippen LogP contribution in [0.15, 0.2) is 48.8 Å². The number of nitrogens with one attached hydrogen (secondary N) is 1. The van der Waals surface area contributed by atoms with E-state index in [4.69, 9.17) is 0 Å². The molecule has 1 aliphatic rings. The van der Waals surface area contributed by atoms with Gasteiger partial charge in [0.1, 0.15) is 11.6 Å². The second kappa shape index (κ2) is 7.31. The third-order valence-electron chi connectivity index (χ3n) is 5.13. The van der Waals surface area contributed by atoms with Gasteiger partial charge in [0.2, 0.25) is 0 Å². The van der Waals surface area contributed by atoms with Crippen LogP contribution in [-0.2, 0) is 0 Å². The van der Waals surface area contributed by atoms with E-state index < -0.39 is 0 Å². The first-order valence-corrected chi connectivity index (χ1v) is 9.13. The predicted molar refractivity (Wildman–Crippen MR) is 102 cm³/mol.